The molecule has 0 spiro atoms. The summed E-state index contributed by atoms with van der Waals surface area (Å²) in [7, 11) is 0. The topological polar surface area (TPSA) is 79.8 Å². The molecular formula is C26H31N3O4. The lowest BCUT2D eigenvalue weighted by atomic mass is 9.75. The van der Waals surface area contributed by atoms with Crippen molar-refractivity contribution in [3.63, 3.8) is 0 Å². The number of likely N-dealkylation sites (N-methyl/N-ethyl adjacent to an activating group) is 1. The van der Waals surface area contributed by atoms with E-state index in [4.69, 9.17) is 4.74 Å². The first-order chi connectivity index (χ1) is 16.0. The zero-order valence-electron chi connectivity index (χ0n) is 19.1. The van der Waals surface area contributed by atoms with Crippen LogP contribution < -0.4 is 0 Å². The lowest BCUT2D eigenvalue weighted by molar-refractivity contribution is -0.143. The van der Waals surface area contributed by atoms with Gasteiger partial charge < -0.3 is 9.64 Å². The molecule has 0 radical (unpaired) electrons. The smallest absolute Gasteiger partial charge is 0.240 e. The fourth-order valence-electron chi connectivity index (χ4n) is 4.83. The maximum Gasteiger partial charge on any atom is 0.240 e. The summed E-state index contributed by atoms with van der Waals surface area (Å²) in [6, 6.07) is 14.8. The van der Waals surface area contributed by atoms with Gasteiger partial charge in [0, 0.05) is 57.4 Å². The normalized spacial score (nSPS) is 22.7. The van der Waals surface area contributed by atoms with E-state index in [1.807, 2.05) is 55.5 Å². The number of benzene rings is 1. The van der Waals surface area contributed by atoms with Crippen LogP contribution in [0.1, 0.15) is 43.9 Å². The number of aromatic nitrogens is 1. The Morgan fingerprint density at radius 3 is 2.64 bits per heavy atom. The Morgan fingerprint density at radius 2 is 1.97 bits per heavy atom. The Bertz CT molecular complexity index is 976. The molecule has 174 valence electrons. The van der Waals surface area contributed by atoms with Crippen molar-refractivity contribution in [3.8, 4) is 0 Å². The molecule has 0 aliphatic carbocycles. The molecule has 2 aliphatic rings. The first-order valence-electron chi connectivity index (χ1n) is 11.7. The van der Waals surface area contributed by atoms with E-state index in [-0.39, 0.29) is 43.2 Å². The molecule has 2 unspecified atom stereocenters. The van der Waals surface area contributed by atoms with Crippen LogP contribution in [0.4, 0.5) is 0 Å². The third kappa shape index (κ3) is 4.98. The Hall–Kier alpha value is -3.06. The highest BCUT2D eigenvalue weighted by atomic mass is 16.5. The van der Waals surface area contributed by atoms with Gasteiger partial charge in [-0.25, -0.2) is 0 Å². The van der Waals surface area contributed by atoms with Gasteiger partial charge in [-0.1, -0.05) is 36.4 Å². The highest BCUT2D eigenvalue weighted by molar-refractivity contribution is 6.10. The highest BCUT2D eigenvalue weighted by Gasteiger charge is 2.53. The lowest BCUT2D eigenvalue weighted by Gasteiger charge is -2.31. The summed E-state index contributed by atoms with van der Waals surface area (Å²) in [6.45, 7) is 3.97. The van der Waals surface area contributed by atoms with E-state index < -0.39 is 5.41 Å². The van der Waals surface area contributed by atoms with Gasteiger partial charge in [0.15, 0.2) is 0 Å². The molecule has 3 heterocycles. The van der Waals surface area contributed by atoms with Crippen LogP contribution in [0.3, 0.4) is 0 Å². The molecule has 2 atom stereocenters. The number of carbonyl (C=O) groups excluding carboxylic acids is 3. The fourth-order valence-corrected chi connectivity index (χ4v) is 4.83. The zero-order chi connectivity index (χ0) is 23.3. The second-order valence-corrected chi connectivity index (χ2v) is 8.79. The van der Waals surface area contributed by atoms with Crippen LogP contribution in [0.15, 0.2) is 54.7 Å². The Kier molecular flexibility index (Phi) is 7.18. The van der Waals surface area contributed by atoms with E-state index in [0.29, 0.717) is 25.1 Å². The van der Waals surface area contributed by atoms with E-state index in [9.17, 15) is 14.4 Å². The van der Waals surface area contributed by atoms with Crippen LogP contribution in [0.5, 0.6) is 0 Å². The van der Waals surface area contributed by atoms with Crippen LogP contribution in [0.2, 0.25) is 0 Å². The van der Waals surface area contributed by atoms with Gasteiger partial charge >= 0.3 is 0 Å². The molecule has 3 amide bonds. The molecule has 0 saturated carbocycles. The molecule has 1 aromatic carbocycles. The van der Waals surface area contributed by atoms with Crippen LogP contribution in [-0.4, -0.2) is 64.9 Å². The molecule has 33 heavy (non-hydrogen) atoms. The SMILES string of the molecule is CCN(CC1CCCO1)C(=O)CC1(c2ccccc2)CC(=O)N(CCc2ccccn2)C1=O. The van der Waals surface area contributed by atoms with Crippen molar-refractivity contribution in [2.24, 2.45) is 0 Å². The predicted octanol–water partition coefficient (Wildman–Crippen LogP) is 2.74. The molecule has 7 nitrogen and oxygen atoms in total. The third-order valence-electron chi connectivity index (χ3n) is 6.69. The largest absolute Gasteiger partial charge is 0.376 e. The van der Waals surface area contributed by atoms with Crippen LogP contribution in [0, 0.1) is 0 Å². The van der Waals surface area contributed by atoms with Gasteiger partial charge in [-0.3, -0.25) is 24.3 Å². The second kappa shape index (κ2) is 10.3. The van der Waals surface area contributed by atoms with Gasteiger partial charge in [0.1, 0.15) is 0 Å². The minimum Gasteiger partial charge on any atom is -0.376 e. The number of hydrogen-bond acceptors (Lipinski definition) is 5. The number of imide groups is 1. The van der Waals surface area contributed by atoms with Crippen molar-refractivity contribution in [2.45, 2.75) is 50.5 Å². The van der Waals surface area contributed by atoms with E-state index in [2.05, 4.69) is 4.98 Å². The van der Waals surface area contributed by atoms with Gasteiger partial charge in [-0.05, 0) is 37.5 Å². The molecule has 7 heteroatoms. The first kappa shape index (κ1) is 23.1. The van der Waals surface area contributed by atoms with Gasteiger partial charge in [0.2, 0.25) is 17.7 Å². The van der Waals surface area contributed by atoms with Gasteiger partial charge in [0.25, 0.3) is 0 Å². The van der Waals surface area contributed by atoms with Crippen LogP contribution >= 0.6 is 0 Å². The molecule has 0 N–H and O–H groups in total. The van der Waals surface area contributed by atoms with E-state index >= 15 is 0 Å². The lowest BCUT2D eigenvalue weighted by Crippen LogP contribution is -2.45. The fraction of sp³-hybridized carbons (Fsp3) is 0.462. The molecule has 2 aromatic rings. The number of nitrogens with zero attached hydrogens (tertiary/aromatic N) is 3. The standard InChI is InChI=1S/C26H31N3O4/c1-2-28(19-22-12-8-16-33-22)23(30)17-26(20-9-4-3-5-10-20)18-24(31)29(25(26)32)15-13-21-11-6-7-14-27-21/h3-7,9-11,14,22H,2,8,12-13,15-19H2,1H3. The molecule has 4 rings (SSSR count). The van der Waals surface area contributed by atoms with Crippen molar-refractivity contribution in [2.75, 3.05) is 26.2 Å². The Labute approximate surface area is 194 Å². The highest BCUT2D eigenvalue weighted by Crippen LogP contribution is 2.40. The molecule has 2 fully saturated rings. The number of likely N-dealkylation sites (tertiary alicyclic amines) is 1. The van der Waals surface area contributed by atoms with Gasteiger partial charge in [-0.2, -0.15) is 0 Å². The third-order valence-corrected chi connectivity index (χ3v) is 6.69. The number of hydrogen-bond donors (Lipinski definition) is 0. The van der Waals surface area contributed by atoms with E-state index in [0.717, 1.165) is 25.1 Å². The maximum absolute atomic E-state index is 13.7. The maximum atomic E-state index is 13.7. The summed E-state index contributed by atoms with van der Waals surface area (Å²) in [6.07, 6.45) is 4.14. The minimum atomic E-state index is -1.18. The van der Waals surface area contributed by atoms with E-state index in [1.165, 1.54) is 4.90 Å². The van der Waals surface area contributed by atoms with Crippen LogP contribution in [0.25, 0.3) is 0 Å². The van der Waals surface area contributed by atoms with E-state index in [1.54, 1.807) is 11.1 Å². The van der Waals surface area contributed by atoms with Crippen molar-refractivity contribution >= 4 is 17.7 Å². The summed E-state index contributed by atoms with van der Waals surface area (Å²) in [5.41, 5.74) is 0.356. The summed E-state index contributed by atoms with van der Waals surface area (Å²) in [5.74, 6) is -0.657. The van der Waals surface area contributed by atoms with Crippen LogP contribution in [-0.2, 0) is 31.0 Å². The number of ether oxygens (including phenoxy) is 1. The van der Waals surface area contributed by atoms with Crippen molar-refractivity contribution in [1.82, 2.24) is 14.8 Å². The predicted molar refractivity (Wildman–Crippen MR) is 123 cm³/mol. The monoisotopic (exact) mass is 449 g/mol. The summed E-state index contributed by atoms with van der Waals surface area (Å²) >= 11 is 0. The van der Waals surface area contributed by atoms with Crippen molar-refractivity contribution in [3.05, 3.63) is 66.0 Å². The van der Waals surface area contributed by atoms with Crippen molar-refractivity contribution in [1.29, 1.82) is 0 Å². The quantitative estimate of drug-likeness (QED) is 0.550. The molecule has 0 bridgehead atoms. The Morgan fingerprint density at radius 1 is 1.18 bits per heavy atom. The summed E-state index contributed by atoms with van der Waals surface area (Å²) in [5, 5.41) is 0. The Balaban J connectivity index is 1.56. The first-order valence-corrected chi connectivity index (χ1v) is 11.7. The molecule has 2 aliphatic heterocycles. The van der Waals surface area contributed by atoms with Gasteiger partial charge in [0.05, 0.1) is 11.5 Å². The molecular weight excluding hydrogens is 418 g/mol. The average molecular weight is 450 g/mol. The number of amides is 3. The summed E-state index contributed by atoms with van der Waals surface area (Å²) in [4.78, 5) is 47.6. The minimum absolute atomic E-state index is 0.00128. The van der Waals surface area contributed by atoms with Crippen molar-refractivity contribution < 1.29 is 19.1 Å². The molecule has 2 saturated heterocycles. The summed E-state index contributed by atoms with van der Waals surface area (Å²) < 4.78 is 5.72. The average Bonchev–Trinajstić information content (AvgIpc) is 3.44. The zero-order valence-corrected chi connectivity index (χ0v) is 19.1. The number of carbonyl (C=O) groups is 3. The van der Waals surface area contributed by atoms with Gasteiger partial charge in [-0.15, -0.1) is 0 Å². The molecule has 1 aromatic heterocycles. The number of pyridine rings is 1. The second-order valence-electron chi connectivity index (χ2n) is 8.79. The number of rotatable bonds is 9.